The first-order valence-corrected chi connectivity index (χ1v) is 5.47. The maximum absolute atomic E-state index is 10.6. The molecular weight excluding hydrogens is 176 g/mol. The molecule has 0 saturated carbocycles. The van der Waals surface area contributed by atoms with Crippen molar-refractivity contribution in [3.8, 4) is 0 Å². The maximum atomic E-state index is 10.6. The Morgan fingerprint density at radius 2 is 2.00 bits per heavy atom. The van der Waals surface area contributed by atoms with Crippen LogP contribution in [0, 0.1) is 6.92 Å². The number of hydrogen-bond donors (Lipinski definition) is 1. The molecule has 1 aliphatic rings. The molecule has 0 aromatic carbocycles. The number of piperidine rings is 1. The number of nitrogens with one attached hydrogen (secondary N) is 1. The van der Waals surface area contributed by atoms with Gasteiger partial charge in [0.05, 0.1) is 0 Å². The van der Waals surface area contributed by atoms with Crippen LogP contribution < -0.4 is 5.32 Å². The number of nitrogens with zero attached hydrogens (tertiary/aromatic N) is 1. The normalized spacial score (nSPS) is 28.8. The Bertz CT molecular complexity index is 184. The van der Waals surface area contributed by atoms with Crippen molar-refractivity contribution in [3.05, 3.63) is 6.92 Å². The quantitative estimate of drug-likeness (QED) is 0.737. The summed E-state index contributed by atoms with van der Waals surface area (Å²) in [5.74, 6) is -0.178. The summed E-state index contributed by atoms with van der Waals surface area (Å²) in [6.45, 7) is 9.49. The minimum Gasteiger partial charge on any atom is -0.355 e. The van der Waals surface area contributed by atoms with Crippen molar-refractivity contribution in [1.82, 2.24) is 10.2 Å². The first-order valence-electron chi connectivity index (χ1n) is 5.47. The summed E-state index contributed by atoms with van der Waals surface area (Å²) in [5, 5.41) is 2.74. The van der Waals surface area contributed by atoms with Crippen molar-refractivity contribution in [3.63, 3.8) is 0 Å². The van der Waals surface area contributed by atoms with Gasteiger partial charge in [-0.25, -0.2) is 0 Å². The Hall–Kier alpha value is -0.570. The summed E-state index contributed by atoms with van der Waals surface area (Å²) in [5.41, 5.74) is 0. The van der Waals surface area contributed by atoms with Gasteiger partial charge in [-0.2, -0.15) is 0 Å². The van der Waals surface area contributed by atoms with Crippen molar-refractivity contribution < 1.29 is 4.79 Å². The zero-order chi connectivity index (χ0) is 10.6. The van der Waals surface area contributed by atoms with Crippen LogP contribution in [0.5, 0.6) is 0 Å². The van der Waals surface area contributed by atoms with E-state index >= 15 is 0 Å². The van der Waals surface area contributed by atoms with Crippen LogP contribution in [0.2, 0.25) is 0 Å². The molecule has 1 aliphatic heterocycles. The predicted molar refractivity (Wildman–Crippen MR) is 57.8 cm³/mol. The topological polar surface area (TPSA) is 32.3 Å². The first-order chi connectivity index (χ1) is 6.61. The first kappa shape index (κ1) is 11.5. The largest absolute Gasteiger partial charge is 0.355 e. The molecule has 2 unspecified atom stereocenters. The Labute approximate surface area is 86.9 Å². The molecule has 1 fully saturated rings. The highest BCUT2D eigenvalue weighted by Gasteiger charge is 2.23. The van der Waals surface area contributed by atoms with E-state index in [1.807, 2.05) is 0 Å². The molecule has 1 saturated heterocycles. The van der Waals surface area contributed by atoms with Crippen LogP contribution in [0.3, 0.4) is 0 Å². The molecule has 0 aromatic heterocycles. The molecule has 3 nitrogen and oxygen atoms in total. The van der Waals surface area contributed by atoms with E-state index in [4.69, 9.17) is 0 Å². The second-order valence-electron chi connectivity index (χ2n) is 4.22. The average molecular weight is 197 g/mol. The highest BCUT2D eigenvalue weighted by Crippen LogP contribution is 2.21. The summed E-state index contributed by atoms with van der Waals surface area (Å²) in [7, 11) is 0. The SMILES string of the molecule is [CH2]C(=O)NCCN1C(C)CCCC1C. The monoisotopic (exact) mass is 197 g/mol. The molecule has 14 heavy (non-hydrogen) atoms. The molecule has 0 spiro atoms. The lowest BCUT2D eigenvalue weighted by Crippen LogP contribution is -2.47. The van der Waals surface area contributed by atoms with E-state index in [1.54, 1.807) is 0 Å². The van der Waals surface area contributed by atoms with Gasteiger partial charge in [0.15, 0.2) is 0 Å². The van der Waals surface area contributed by atoms with E-state index in [0.29, 0.717) is 12.1 Å². The van der Waals surface area contributed by atoms with Gasteiger partial charge in [0.1, 0.15) is 0 Å². The lowest BCUT2D eigenvalue weighted by molar-refractivity contribution is -0.116. The minimum absolute atomic E-state index is 0.178. The van der Waals surface area contributed by atoms with Crippen LogP contribution in [0.4, 0.5) is 0 Å². The second-order valence-corrected chi connectivity index (χ2v) is 4.22. The van der Waals surface area contributed by atoms with Gasteiger partial charge in [-0.05, 0) is 26.7 Å². The Balaban J connectivity index is 2.29. The molecule has 1 rings (SSSR count). The number of amides is 1. The summed E-state index contributed by atoms with van der Waals surface area (Å²) >= 11 is 0. The molecule has 0 aromatic rings. The summed E-state index contributed by atoms with van der Waals surface area (Å²) in [6, 6.07) is 1.31. The van der Waals surface area contributed by atoms with E-state index in [-0.39, 0.29) is 5.91 Å². The Morgan fingerprint density at radius 1 is 1.43 bits per heavy atom. The minimum atomic E-state index is -0.178. The van der Waals surface area contributed by atoms with Crippen molar-refractivity contribution in [2.45, 2.75) is 45.2 Å². The number of rotatable bonds is 3. The maximum Gasteiger partial charge on any atom is 0.220 e. The molecule has 0 aliphatic carbocycles. The fourth-order valence-corrected chi connectivity index (χ4v) is 2.24. The molecule has 0 bridgehead atoms. The van der Waals surface area contributed by atoms with Crippen molar-refractivity contribution in [1.29, 1.82) is 0 Å². The van der Waals surface area contributed by atoms with Gasteiger partial charge in [-0.3, -0.25) is 9.69 Å². The Kier molecular flexibility index (Phi) is 4.39. The Morgan fingerprint density at radius 3 is 2.50 bits per heavy atom. The highest BCUT2D eigenvalue weighted by atomic mass is 16.1. The molecule has 1 heterocycles. The van der Waals surface area contributed by atoms with Gasteiger partial charge in [-0.1, -0.05) is 6.42 Å². The van der Waals surface area contributed by atoms with Crippen molar-refractivity contribution in [2.75, 3.05) is 13.1 Å². The zero-order valence-electron chi connectivity index (χ0n) is 9.25. The fourth-order valence-electron chi connectivity index (χ4n) is 2.24. The third kappa shape index (κ3) is 3.29. The second kappa shape index (κ2) is 5.35. The molecule has 1 N–H and O–H groups in total. The van der Waals surface area contributed by atoms with Gasteiger partial charge in [0.2, 0.25) is 5.91 Å². The van der Waals surface area contributed by atoms with E-state index in [0.717, 1.165) is 13.1 Å². The third-order valence-electron chi connectivity index (χ3n) is 3.07. The molecule has 81 valence electrons. The number of carbonyl (C=O) groups excluding carboxylic acids is 1. The van der Waals surface area contributed by atoms with Crippen LogP contribution in [0.25, 0.3) is 0 Å². The number of likely N-dealkylation sites (tertiary alicyclic amines) is 1. The van der Waals surface area contributed by atoms with E-state index in [1.165, 1.54) is 19.3 Å². The van der Waals surface area contributed by atoms with Crippen molar-refractivity contribution in [2.24, 2.45) is 0 Å². The van der Waals surface area contributed by atoms with Crippen LogP contribution in [-0.4, -0.2) is 36.0 Å². The van der Waals surface area contributed by atoms with Gasteiger partial charge >= 0.3 is 0 Å². The smallest absolute Gasteiger partial charge is 0.220 e. The fraction of sp³-hybridized carbons (Fsp3) is 0.818. The number of hydrogen-bond acceptors (Lipinski definition) is 2. The highest BCUT2D eigenvalue weighted by molar-refractivity contribution is 5.79. The van der Waals surface area contributed by atoms with Gasteiger partial charge in [-0.15, -0.1) is 0 Å². The van der Waals surface area contributed by atoms with E-state index < -0.39 is 0 Å². The number of carbonyl (C=O) groups is 1. The predicted octanol–water partition coefficient (Wildman–Crippen LogP) is 1.20. The van der Waals surface area contributed by atoms with Crippen molar-refractivity contribution >= 4 is 5.91 Å². The van der Waals surface area contributed by atoms with Gasteiger partial charge in [0.25, 0.3) is 0 Å². The summed E-state index contributed by atoms with van der Waals surface area (Å²) in [6.07, 6.45) is 3.89. The standard InChI is InChI=1S/C11H21N2O/c1-9-5-4-6-10(2)13(9)8-7-12-11(3)14/h9-10H,3-8H2,1-2H3,(H,12,14). The zero-order valence-corrected chi connectivity index (χ0v) is 9.25. The van der Waals surface area contributed by atoms with Crippen LogP contribution >= 0.6 is 0 Å². The van der Waals surface area contributed by atoms with E-state index in [2.05, 4.69) is 31.0 Å². The summed E-state index contributed by atoms with van der Waals surface area (Å²) < 4.78 is 0. The summed E-state index contributed by atoms with van der Waals surface area (Å²) in [4.78, 5) is 13.1. The van der Waals surface area contributed by atoms with Crippen LogP contribution in [-0.2, 0) is 4.79 Å². The van der Waals surface area contributed by atoms with E-state index in [9.17, 15) is 4.79 Å². The van der Waals surface area contributed by atoms with Gasteiger partial charge in [0, 0.05) is 32.1 Å². The molecule has 1 amide bonds. The van der Waals surface area contributed by atoms with Crippen LogP contribution in [0.1, 0.15) is 33.1 Å². The molecule has 2 atom stereocenters. The average Bonchev–Trinajstić information content (AvgIpc) is 2.09. The molecular formula is C11H21N2O. The third-order valence-corrected chi connectivity index (χ3v) is 3.07. The van der Waals surface area contributed by atoms with Gasteiger partial charge < -0.3 is 5.32 Å². The molecule has 3 heteroatoms. The van der Waals surface area contributed by atoms with Crippen LogP contribution in [0.15, 0.2) is 0 Å². The lowest BCUT2D eigenvalue weighted by Gasteiger charge is -2.38. The molecule has 1 radical (unpaired) electrons. The lowest BCUT2D eigenvalue weighted by atomic mass is 9.98.